The van der Waals surface area contributed by atoms with E-state index in [4.69, 9.17) is 5.21 Å². The molecule has 0 aliphatic rings. The first-order valence-electron chi connectivity index (χ1n) is 6.75. The number of primary amides is 1. The summed E-state index contributed by atoms with van der Waals surface area (Å²) in [6.07, 6.45) is 1.27. The maximum atomic E-state index is 9.23. The standard InChI is InChI=1S/C14H11S.CH4N2O2.K/c1-2-10-7-8-12-11-5-3-4-6-13(11)15-14(12)9-10;2-1(4)3-5;/h3-9H,1-2H2;5H,(H3,2,3,4);. The number of nitrogens with one attached hydrogen (secondary N) is 1. The van der Waals surface area contributed by atoms with Crippen molar-refractivity contribution in [3.8, 4) is 0 Å². The molecule has 21 heavy (non-hydrogen) atoms. The van der Waals surface area contributed by atoms with Gasteiger partial charge in [0.25, 0.3) is 0 Å². The zero-order chi connectivity index (χ0) is 15.2. The Labute approximate surface area is 160 Å². The molecule has 0 aliphatic carbocycles. The fraction of sp³-hybridized carbons (Fsp3) is 0.133. The van der Waals surface area contributed by atoms with Gasteiger partial charge in [-0.15, -0.1) is 0 Å². The van der Waals surface area contributed by atoms with E-state index in [0.717, 1.165) is 49.0 Å². The molecular formula is C15H15KN2O2S. The molecule has 6 heteroatoms. The van der Waals surface area contributed by atoms with Crippen LogP contribution < -0.4 is 11.2 Å². The Hall–Kier alpha value is -0.474. The van der Waals surface area contributed by atoms with E-state index in [2.05, 4.69) is 48.2 Å². The minimum absolute atomic E-state index is 0.940. The van der Waals surface area contributed by atoms with Crippen LogP contribution >= 0.6 is 11.3 Å². The molecule has 104 valence electrons. The molecule has 0 bridgehead atoms. The number of benzene rings is 2. The van der Waals surface area contributed by atoms with Gasteiger partial charge in [-0.1, -0.05) is 0 Å². The molecule has 0 saturated carbocycles. The molecular weight excluding hydrogens is 311 g/mol. The van der Waals surface area contributed by atoms with Gasteiger partial charge in [0.1, 0.15) is 0 Å². The van der Waals surface area contributed by atoms with Crippen molar-refractivity contribution in [1.82, 2.24) is 5.48 Å². The Bertz CT molecular complexity index is 758. The molecule has 1 heterocycles. The summed E-state index contributed by atoms with van der Waals surface area (Å²) in [6, 6.07) is 14.7. The summed E-state index contributed by atoms with van der Waals surface area (Å²) in [6.45, 7) is 0. The van der Waals surface area contributed by atoms with Crippen LogP contribution in [-0.2, 0) is 6.42 Å². The summed E-state index contributed by atoms with van der Waals surface area (Å²) >= 11 is 2.89. The third-order valence-corrected chi connectivity index (χ3v) is 5.01. The SMILES string of the molecule is NC(=O)NO.[K][CH2]Cc1ccc2c(c1)sc1ccccc12. The van der Waals surface area contributed by atoms with Gasteiger partial charge >= 0.3 is 141 Å². The van der Waals surface area contributed by atoms with E-state index in [1.165, 1.54) is 38.2 Å². The molecule has 2 amide bonds. The second-order valence-electron chi connectivity index (χ2n) is 4.65. The van der Waals surface area contributed by atoms with E-state index in [-0.39, 0.29) is 0 Å². The fourth-order valence-corrected chi connectivity index (χ4v) is 4.29. The van der Waals surface area contributed by atoms with Crippen LogP contribution in [0.4, 0.5) is 4.79 Å². The Balaban J connectivity index is 0.000000282. The van der Waals surface area contributed by atoms with Crippen molar-refractivity contribution >= 4 is 86.5 Å². The van der Waals surface area contributed by atoms with E-state index in [1.807, 2.05) is 11.3 Å². The van der Waals surface area contributed by atoms with Gasteiger partial charge in [0.15, 0.2) is 0 Å². The topological polar surface area (TPSA) is 75.4 Å². The van der Waals surface area contributed by atoms with Crippen molar-refractivity contribution in [3.63, 3.8) is 0 Å². The number of urea groups is 1. The van der Waals surface area contributed by atoms with Crippen molar-refractivity contribution in [1.29, 1.82) is 0 Å². The van der Waals surface area contributed by atoms with Gasteiger partial charge in [-0.05, 0) is 0 Å². The van der Waals surface area contributed by atoms with Gasteiger partial charge in [-0.2, -0.15) is 0 Å². The number of nitrogens with two attached hydrogens (primary N) is 1. The summed E-state index contributed by atoms with van der Waals surface area (Å²) in [5.41, 5.74) is 6.96. The normalized spacial score (nSPS) is 10.2. The van der Waals surface area contributed by atoms with E-state index in [9.17, 15) is 4.79 Å². The van der Waals surface area contributed by atoms with E-state index >= 15 is 0 Å². The molecule has 0 radical (unpaired) electrons. The average Bonchev–Trinajstić information content (AvgIpc) is 2.86. The zero-order valence-corrected chi connectivity index (χ0v) is 15.7. The van der Waals surface area contributed by atoms with Gasteiger partial charge in [0.05, 0.1) is 0 Å². The molecule has 2 aromatic carbocycles. The minimum atomic E-state index is -0.940. The summed E-state index contributed by atoms with van der Waals surface area (Å²) < 4.78 is 4.26. The number of aryl methyl sites for hydroxylation is 1. The summed E-state index contributed by atoms with van der Waals surface area (Å²) in [7, 11) is 0. The van der Waals surface area contributed by atoms with Crippen molar-refractivity contribution in [2.45, 2.75) is 6.94 Å². The summed E-state index contributed by atoms with van der Waals surface area (Å²) in [5, 5.41) is 10.2. The molecule has 3 rings (SSSR count). The monoisotopic (exact) mass is 326 g/mol. The van der Waals surface area contributed by atoms with Crippen molar-refractivity contribution in [3.05, 3.63) is 48.0 Å². The number of hydroxylamine groups is 1. The van der Waals surface area contributed by atoms with Crippen LogP contribution in [0.25, 0.3) is 20.2 Å². The molecule has 4 nitrogen and oxygen atoms in total. The first kappa shape index (κ1) is 16.9. The first-order valence-corrected chi connectivity index (χ1v) is 9.78. The van der Waals surface area contributed by atoms with Crippen LogP contribution in [-0.4, -0.2) is 60.2 Å². The molecule has 0 spiro atoms. The van der Waals surface area contributed by atoms with Crippen molar-refractivity contribution in [2.24, 2.45) is 5.73 Å². The van der Waals surface area contributed by atoms with Crippen LogP contribution in [0.1, 0.15) is 5.56 Å². The first-order chi connectivity index (χ1) is 10.2. The Morgan fingerprint density at radius 3 is 2.52 bits per heavy atom. The van der Waals surface area contributed by atoms with E-state index in [1.54, 1.807) is 0 Å². The maximum absolute atomic E-state index is 9.23. The molecule has 0 aliphatic heterocycles. The number of carbonyl (C=O) groups is 1. The number of amides is 2. The molecule has 4 N–H and O–H groups in total. The molecule has 1 aromatic heterocycles. The Morgan fingerprint density at radius 1 is 1.19 bits per heavy atom. The van der Waals surface area contributed by atoms with Crippen LogP contribution in [0.2, 0.25) is 0.515 Å². The van der Waals surface area contributed by atoms with Gasteiger partial charge in [0, 0.05) is 0 Å². The number of thiophene rings is 1. The second kappa shape index (κ2) is 8.24. The van der Waals surface area contributed by atoms with Crippen molar-refractivity contribution in [2.75, 3.05) is 0 Å². The van der Waals surface area contributed by atoms with Crippen LogP contribution in [0.15, 0.2) is 42.5 Å². The predicted octanol–water partition coefficient (Wildman–Crippen LogP) is 3.23. The van der Waals surface area contributed by atoms with Gasteiger partial charge in [-0.3, -0.25) is 5.21 Å². The summed E-state index contributed by atoms with van der Waals surface area (Å²) in [4.78, 5) is 9.23. The van der Waals surface area contributed by atoms with Crippen molar-refractivity contribution < 1.29 is 10.0 Å². The average molecular weight is 326 g/mol. The molecule has 0 unspecified atom stereocenters. The quantitative estimate of drug-likeness (QED) is 0.384. The van der Waals surface area contributed by atoms with Crippen LogP contribution in [0, 0.1) is 0 Å². The van der Waals surface area contributed by atoms with Gasteiger partial charge < -0.3 is 5.73 Å². The van der Waals surface area contributed by atoms with E-state index in [0.29, 0.717) is 0 Å². The Morgan fingerprint density at radius 2 is 1.86 bits per heavy atom. The van der Waals surface area contributed by atoms with Crippen LogP contribution in [0.5, 0.6) is 0 Å². The zero-order valence-electron chi connectivity index (χ0n) is 11.8. The molecule has 0 fully saturated rings. The number of rotatable bonds is 2. The number of hydrogen-bond donors (Lipinski definition) is 3. The van der Waals surface area contributed by atoms with Gasteiger partial charge in [-0.25, -0.2) is 10.3 Å². The molecule has 0 saturated heterocycles. The number of fused-ring (bicyclic) bond motifs is 3. The summed E-state index contributed by atoms with van der Waals surface area (Å²) in [5.74, 6) is 0. The Kier molecular flexibility index (Phi) is 6.62. The molecule has 3 aromatic rings. The van der Waals surface area contributed by atoms with Crippen LogP contribution in [0.3, 0.4) is 0 Å². The second-order valence-corrected chi connectivity index (χ2v) is 7.30. The van der Waals surface area contributed by atoms with Gasteiger partial charge in [0.2, 0.25) is 0 Å². The third kappa shape index (κ3) is 4.50. The molecule has 0 atom stereocenters. The number of hydrogen-bond acceptors (Lipinski definition) is 3. The fourth-order valence-electron chi connectivity index (χ4n) is 2.21. The van der Waals surface area contributed by atoms with E-state index < -0.39 is 6.03 Å². The predicted molar refractivity (Wildman–Crippen MR) is 88.1 cm³/mol. The number of carbonyl (C=O) groups excluding carboxylic acids is 1. The third-order valence-electron chi connectivity index (χ3n) is 3.09.